The number of hydrogen-bond acceptors (Lipinski definition) is 3. The first-order valence-electron chi connectivity index (χ1n) is 8.55. The van der Waals surface area contributed by atoms with E-state index in [-0.39, 0.29) is 5.41 Å². The second-order valence-electron chi connectivity index (χ2n) is 8.14. The highest BCUT2D eigenvalue weighted by atomic mass is 15.1. The molecule has 3 heteroatoms. The molecule has 0 bridgehead atoms. The number of rotatable bonds is 5. The van der Waals surface area contributed by atoms with Crippen molar-refractivity contribution in [1.82, 2.24) is 4.90 Å². The van der Waals surface area contributed by atoms with Crippen LogP contribution in [0.2, 0.25) is 0 Å². The normalized spacial score (nSPS) is 14.7. The van der Waals surface area contributed by atoms with Crippen molar-refractivity contribution >= 4 is 17.0 Å². The van der Waals surface area contributed by atoms with Gasteiger partial charge < -0.3 is 15.2 Å². The van der Waals surface area contributed by atoms with Crippen molar-refractivity contribution in [2.75, 3.05) is 39.6 Å². The molecule has 0 atom stereocenters. The molecule has 1 N–H and O–H groups in total. The Morgan fingerprint density at radius 2 is 1.79 bits per heavy atom. The van der Waals surface area contributed by atoms with E-state index in [0.29, 0.717) is 5.71 Å². The SMILES string of the molecule is CN(C)CC1=CCC(c2ccc(N(C)C)cc2C(=N)C(C)(C)C)=C1. The summed E-state index contributed by atoms with van der Waals surface area (Å²) >= 11 is 0. The van der Waals surface area contributed by atoms with E-state index in [1.165, 1.54) is 16.7 Å². The second-order valence-corrected chi connectivity index (χ2v) is 8.14. The summed E-state index contributed by atoms with van der Waals surface area (Å²) in [5.74, 6) is 0. The molecular weight excluding hydrogens is 294 g/mol. The van der Waals surface area contributed by atoms with Crippen LogP contribution in [0.5, 0.6) is 0 Å². The third kappa shape index (κ3) is 4.15. The average molecular weight is 326 g/mol. The van der Waals surface area contributed by atoms with Crippen LogP contribution in [-0.2, 0) is 0 Å². The summed E-state index contributed by atoms with van der Waals surface area (Å²) in [5, 5.41) is 8.72. The van der Waals surface area contributed by atoms with Gasteiger partial charge in [0.2, 0.25) is 0 Å². The van der Waals surface area contributed by atoms with E-state index in [1.807, 2.05) is 14.1 Å². The van der Waals surface area contributed by atoms with E-state index in [2.05, 4.69) is 75.0 Å². The Morgan fingerprint density at radius 3 is 2.33 bits per heavy atom. The lowest BCUT2D eigenvalue weighted by Crippen LogP contribution is -2.22. The fraction of sp³-hybridized carbons (Fsp3) is 0.476. The first-order valence-corrected chi connectivity index (χ1v) is 8.55. The summed E-state index contributed by atoms with van der Waals surface area (Å²) < 4.78 is 0. The number of likely N-dealkylation sites (N-methyl/N-ethyl adjacent to an activating group) is 1. The van der Waals surface area contributed by atoms with Crippen LogP contribution in [0, 0.1) is 10.8 Å². The van der Waals surface area contributed by atoms with Gasteiger partial charge in [-0.3, -0.25) is 0 Å². The van der Waals surface area contributed by atoms with Gasteiger partial charge >= 0.3 is 0 Å². The topological polar surface area (TPSA) is 30.3 Å². The fourth-order valence-corrected chi connectivity index (χ4v) is 2.95. The van der Waals surface area contributed by atoms with Crippen molar-refractivity contribution in [2.24, 2.45) is 5.41 Å². The molecule has 1 aliphatic rings. The zero-order valence-electron chi connectivity index (χ0n) is 16.2. The lowest BCUT2D eigenvalue weighted by Gasteiger charge is -2.24. The predicted molar refractivity (Wildman–Crippen MR) is 106 cm³/mol. The number of hydrogen-bond donors (Lipinski definition) is 1. The van der Waals surface area contributed by atoms with Crippen LogP contribution in [0.4, 0.5) is 5.69 Å². The Labute approximate surface area is 147 Å². The van der Waals surface area contributed by atoms with E-state index in [9.17, 15) is 0 Å². The molecule has 0 saturated carbocycles. The van der Waals surface area contributed by atoms with Crippen LogP contribution >= 0.6 is 0 Å². The molecule has 0 heterocycles. The predicted octanol–water partition coefficient (Wildman–Crippen LogP) is 4.44. The first kappa shape index (κ1) is 18.5. The maximum atomic E-state index is 8.72. The number of allylic oxidation sites excluding steroid dienone is 2. The molecule has 0 unspecified atom stereocenters. The third-order valence-electron chi connectivity index (χ3n) is 4.33. The van der Waals surface area contributed by atoms with Crippen molar-refractivity contribution in [3.63, 3.8) is 0 Å². The highest BCUT2D eigenvalue weighted by molar-refractivity contribution is 6.06. The second kappa shape index (κ2) is 6.94. The van der Waals surface area contributed by atoms with E-state index in [4.69, 9.17) is 5.41 Å². The van der Waals surface area contributed by atoms with Gasteiger partial charge in [-0.15, -0.1) is 0 Å². The molecule has 0 aliphatic heterocycles. The van der Waals surface area contributed by atoms with Crippen molar-refractivity contribution in [3.05, 3.63) is 47.1 Å². The van der Waals surface area contributed by atoms with Gasteiger partial charge in [0.1, 0.15) is 0 Å². The Bertz CT molecular complexity index is 686. The summed E-state index contributed by atoms with van der Waals surface area (Å²) in [6.07, 6.45) is 5.55. The van der Waals surface area contributed by atoms with Gasteiger partial charge in [0.25, 0.3) is 0 Å². The van der Waals surface area contributed by atoms with Crippen molar-refractivity contribution in [2.45, 2.75) is 27.2 Å². The first-order chi connectivity index (χ1) is 11.1. The number of nitrogens with one attached hydrogen (secondary N) is 1. The van der Waals surface area contributed by atoms with Crippen LogP contribution in [0.1, 0.15) is 38.3 Å². The van der Waals surface area contributed by atoms with E-state index in [1.54, 1.807) is 0 Å². The van der Waals surface area contributed by atoms with Gasteiger partial charge in [0.15, 0.2) is 0 Å². The molecular formula is C21H31N3. The van der Waals surface area contributed by atoms with E-state index in [0.717, 1.165) is 24.2 Å². The lowest BCUT2D eigenvalue weighted by atomic mass is 9.82. The van der Waals surface area contributed by atoms with Gasteiger partial charge in [-0.1, -0.05) is 39.0 Å². The minimum absolute atomic E-state index is 0.168. The highest BCUT2D eigenvalue weighted by Gasteiger charge is 2.24. The molecule has 3 nitrogen and oxygen atoms in total. The zero-order valence-corrected chi connectivity index (χ0v) is 16.2. The molecule has 1 aromatic carbocycles. The minimum Gasteiger partial charge on any atom is -0.378 e. The van der Waals surface area contributed by atoms with Gasteiger partial charge in [0, 0.05) is 43.0 Å². The molecule has 0 radical (unpaired) electrons. The molecule has 0 fully saturated rings. The molecule has 0 saturated heterocycles. The fourth-order valence-electron chi connectivity index (χ4n) is 2.95. The maximum Gasteiger partial charge on any atom is 0.0446 e. The average Bonchev–Trinajstić information content (AvgIpc) is 2.92. The smallest absolute Gasteiger partial charge is 0.0446 e. The van der Waals surface area contributed by atoms with Crippen molar-refractivity contribution < 1.29 is 0 Å². The van der Waals surface area contributed by atoms with Crippen LogP contribution in [0.15, 0.2) is 35.9 Å². The summed E-state index contributed by atoms with van der Waals surface area (Å²) in [6, 6.07) is 6.50. The minimum atomic E-state index is -0.168. The van der Waals surface area contributed by atoms with Crippen molar-refractivity contribution in [3.8, 4) is 0 Å². The third-order valence-corrected chi connectivity index (χ3v) is 4.33. The van der Waals surface area contributed by atoms with Crippen LogP contribution in [-0.4, -0.2) is 45.3 Å². The van der Waals surface area contributed by atoms with Gasteiger partial charge in [0.05, 0.1) is 0 Å². The molecule has 0 amide bonds. The zero-order chi connectivity index (χ0) is 18.1. The maximum absolute atomic E-state index is 8.72. The van der Waals surface area contributed by atoms with Crippen LogP contribution < -0.4 is 4.90 Å². The standard InChI is InChI=1S/C21H31N3/c1-21(2,3)20(22)19-13-17(24(6)7)10-11-18(19)16-9-8-15(12-16)14-23(4)5/h8,10-13,22H,9,14H2,1-7H3. The molecule has 2 rings (SSSR count). The Morgan fingerprint density at radius 1 is 1.12 bits per heavy atom. The van der Waals surface area contributed by atoms with Crippen molar-refractivity contribution in [1.29, 1.82) is 5.41 Å². The monoisotopic (exact) mass is 325 g/mol. The van der Waals surface area contributed by atoms with Gasteiger partial charge in [-0.25, -0.2) is 0 Å². The van der Waals surface area contributed by atoms with Gasteiger partial charge in [-0.05, 0) is 49.4 Å². The summed E-state index contributed by atoms with van der Waals surface area (Å²) in [4.78, 5) is 4.29. The molecule has 24 heavy (non-hydrogen) atoms. The van der Waals surface area contributed by atoms with E-state index >= 15 is 0 Å². The Hall–Kier alpha value is -1.87. The summed E-state index contributed by atoms with van der Waals surface area (Å²) in [7, 11) is 8.29. The number of nitrogens with zero attached hydrogens (tertiary/aromatic N) is 2. The van der Waals surface area contributed by atoms with Crippen LogP contribution in [0.3, 0.4) is 0 Å². The number of benzene rings is 1. The van der Waals surface area contributed by atoms with Crippen LogP contribution in [0.25, 0.3) is 5.57 Å². The molecule has 1 aromatic rings. The molecule has 130 valence electrons. The Balaban J connectivity index is 2.46. The molecule has 1 aliphatic carbocycles. The van der Waals surface area contributed by atoms with Gasteiger partial charge in [-0.2, -0.15) is 0 Å². The highest BCUT2D eigenvalue weighted by Crippen LogP contribution is 2.34. The number of anilines is 1. The molecule has 0 aromatic heterocycles. The summed E-state index contributed by atoms with van der Waals surface area (Å²) in [5.41, 5.74) is 6.61. The van der Waals surface area contributed by atoms with E-state index < -0.39 is 0 Å². The molecule has 0 spiro atoms. The largest absolute Gasteiger partial charge is 0.378 e. The lowest BCUT2D eigenvalue weighted by molar-refractivity contribution is 0.449. The Kier molecular flexibility index (Phi) is 5.34. The summed E-state index contributed by atoms with van der Waals surface area (Å²) in [6.45, 7) is 7.30. The quantitative estimate of drug-likeness (QED) is 0.811.